The van der Waals surface area contributed by atoms with Crippen LogP contribution in [0.4, 0.5) is 18.9 Å². The van der Waals surface area contributed by atoms with Crippen molar-refractivity contribution in [1.82, 2.24) is 0 Å². The van der Waals surface area contributed by atoms with Crippen LogP contribution in [0.15, 0.2) is 22.1 Å². The second kappa shape index (κ2) is 5.82. The first-order valence-corrected chi connectivity index (χ1v) is 6.07. The molecule has 0 atom stereocenters. The molecule has 6 N–H and O–H groups in total. The molecule has 1 rings (SSSR count). The Morgan fingerprint density at radius 2 is 1.79 bits per heavy atom. The number of nitrogens with zero attached hydrogens (tertiary/aromatic N) is 2. The first-order valence-electron chi connectivity index (χ1n) is 4.61. The molecule has 10 heteroatoms. The van der Waals surface area contributed by atoms with E-state index in [0.29, 0.717) is 0 Å². The Morgan fingerprint density at radius 1 is 1.21 bits per heavy atom. The molecule has 5 nitrogen and oxygen atoms in total. The molecule has 0 aliphatic heterocycles. The third kappa shape index (κ3) is 4.42. The summed E-state index contributed by atoms with van der Waals surface area (Å²) in [6, 6.07) is 1.65. The molecule has 0 fully saturated rings. The Hall–Kier alpha value is -1.23. The largest absolute Gasteiger partial charge is 0.416 e. The van der Waals surface area contributed by atoms with Gasteiger partial charge in [-0.2, -0.15) is 18.2 Å². The number of hydrogen-bond acceptors (Lipinski definition) is 1. The molecular weight excluding hydrogens is 397 g/mol. The van der Waals surface area contributed by atoms with E-state index in [2.05, 4.69) is 9.98 Å². The number of halogens is 5. The first-order chi connectivity index (χ1) is 8.61. The molecule has 0 spiro atoms. The van der Waals surface area contributed by atoms with Crippen molar-refractivity contribution < 1.29 is 13.2 Å². The van der Waals surface area contributed by atoms with Crippen LogP contribution in [0.5, 0.6) is 0 Å². The molecule has 0 radical (unpaired) electrons. The van der Waals surface area contributed by atoms with Crippen LogP contribution in [-0.2, 0) is 6.18 Å². The standard InChI is InChI=1S/C9H8ClF3IN5/c10-4-1-3(9(11,12)13)2-5(14)6(4)18-8(17)19-7(15)16/h1-2H,(H6,15,16,17,18,19). The zero-order chi connectivity index (χ0) is 14.8. The lowest BCUT2D eigenvalue weighted by atomic mass is 10.2. The number of nitrogens with two attached hydrogens (primary N) is 3. The van der Waals surface area contributed by atoms with Crippen molar-refractivity contribution >= 4 is 51.8 Å². The lowest BCUT2D eigenvalue weighted by molar-refractivity contribution is -0.137. The summed E-state index contributed by atoms with van der Waals surface area (Å²) < 4.78 is 37.8. The quantitative estimate of drug-likeness (QED) is 0.379. The Balaban J connectivity index is 3.30. The highest BCUT2D eigenvalue weighted by atomic mass is 127. The second-order valence-corrected chi connectivity index (χ2v) is 4.86. The van der Waals surface area contributed by atoms with Crippen LogP contribution in [0, 0.1) is 3.57 Å². The van der Waals surface area contributed by atoms with Crippen molar-refractivity contribution in [3.63, 3.8) is 0 Å². The zero-order valence-corrected chi connectivity index (χ0v) is 12.1. The van der Waals surface area contributed by atoms with Gasteiger partial charge in [-0.05, 0) is 34.7 Å². The topological polar surface area (TPSA) is 103 Å². The van der Waals surface area contributed by atoms with Crippen LogP contribution in [0.2, 0.25) is 5.02 Å². The highest BCUT2D eigenvalue weighted by Gasteiger charge is 2.31. The maximum Gasteiger partial charge on any atom is 0.416 e. The third-order valence-corrected chi connectivity index (χ3v) is 2.92. The Morgan fingerprint density at radius 3 is 2.21 bits per heavy atom. The van der Waals surface area contributed by atoms with Gasteiger partial charge in [0.05, 0.1) is 16.3 Å². The van der Waals surface area contributed by atoms with Crippen LogP contribution in [0.3, 0.4) is 0 Å². The fourth-order valence-corrected chi connectivity index (χ4v) is 2.28. The minimum Gasteiger partial charge on any atom is -0.370 e. The van der Waals surface area contributed by atoms with Gasteiger partial charge in [-0.25, -0.2) is 4.99 Å². The molecular formula is C9H8ClF3IN5. The van der Waals surface area contributed by atoms with E-state index in [1.165, 1.54) is 0 Å². The molecule has 0 unspecified atom stereocenters. The number of aliphatic imine (C=N–C) groups is 2. The molecule has 0 aliphatic carbocycles. The van der Waals surface area contributed by atoms with Crippen molar-refractivity contribution in [3.05, 3.63) is 26.3 Å². The van der Waals surface area contributed by atoms with E-state index in [1.807, 2.05) is 0 Å². The maximum absolute atomic E-state index is 12.5. The lowest BCUT2D eigenvalue weighted by Crippen LogP contribution is -2.26. The van der Waals surface area contributed by atoms with E-state index in [-0.39, 0.29) is 26.2 Å². The number of guanidine groups is 2. The molecule has 0 bridgehead atoms. The van der Waals surface area contributed by atoms with E-state index in [0.717, 1.165) is 12.1 Å². The molecule has 0 saturated heterocycles. The van der Waals surface area contributed by atoms with E-state index in [1.54, 1.807) is 22.6 Å². The van der Waals surface area contributed by atoms with Crippen molar-refractivity contribution in [2.45, 2.75) is 6.18 Å². The zero-order valence-electron chi connectivity index (χ0n) is 9.17. The number of benzene rings is 1. The summed E-state index contributed by atoms with van der Waals surface area (Å²) in [6.45, 7) is 0. The van der Waals surface area contributed by atoms with Crippen LogP contribution in [0.25, 0.3) is 0 Å². The maximum atomic E-state index is 12.5. The van der Waals surface area contributed by atoms with Gasteiger partial charge in [-0.1, -0.05) is 11.6 Å². The molecule has 104 valence electrons. The normalized spacial score (nSPS) is 12.4. The average Bonchev–Trinajstić information content (AvgIpc) is 2.20. The van der Waals surface area contributed by atoms with E-state index < -0.39 is 11.7 Å². The van der Waals surface area contributed by atoms with Gasteiger partial charge >= 0.3 is 6.18 Å². The minimum absolute atomic E-state index is 0.0674. The van der Waals surface area contributed by atoms with Crippen molar-refractivity contribution in [2.75, 3.05) is 0 Å². The summed E-state index contributed by atoms with van der Waals surface area (Å²) in [7, 11) is 0. The molecule has 0 aromatic heterocycles. The van der Waals surface area contributed by atoms with Crippen molar-refractivity contribution in [2.24, 2.45) is 27.2 Å². The van der Waals surface area contributed by atoms with Gasteiger partial charge in [0.15, 0.2) is 5.96 Å². The predicted molar refractivity (Wildman–Crippen MR) is 76.3 cm³/mol. The highest BCUT2D eigenvalue weighted by molar-refractivity contribution is 14.1. The molecule has 1 aromatic rings. The van der Waals surface area contributed by atoms with Gasteiger partial charge < -0.3 is 17.2 Å². The van der Waals surface area contributed by atoms with Gasteiger partial charge in [0.2, 0.25) is 5.96 Å². The number of rotatable bonds is 1. The van der Waals surface area contributed by atoms with Crippen molar-refractivity contribution in [3.8, 4) is 0 Å². The Labute approximate surface area is 124 Å². The molecule has 19 heavy (non-hydrogen) atoms. The molecule has 0 saturated carbocycles. The summed E-state index contributed by atoms with van der Waals surface area (Å²) >= 11 is 7.40. The monoisotopic (exact) mass is 405 g/mol. The summed E-state index contributed by atoms with van der Waals surface area (Å²) in [6.07, 6.45) is -4.49. The summed E-state index contributed by atoms with van der Waals surface area (Å²) in [5.41, 5.74) is 14.8. The van der Waals surface area contributed by atoms with Gasteiger partial charge in [-0.3, -0.25) is 0 Å². The van der Waals surface area contributed by atoms with Crippen LogP contribution in [-0.4, -0.2) is 11.9 Å². The van der Waals surface area contributed by atoms with Crippen molar-refractivity contribution in [1.29, 1.82) is 0 Å². The third-order valence-electron chi connectivity index (χ3n) is 1.81. The lowest BCUT2D eigenvalue weighted by Gasteiger charge is -2.10. The molecule has 0 heterocycles. The van der Waals surface area contributed by atoms with E-state index in [4.69, 9.17) is 28.8 Å². The Kier molecular flexibility index (Phi) is 4.85. The average molecular weight is 406 g/mol. The van der Waals surface area contributed by atoms with Gasteiger partial charge in [0, 0.05) is 3.57 Å². The number of hydrogen-bond donors (Lipinski definition) is 3. The Bertz CT molecular complexity index is 528. The summed E-state index contributed by atoms with van der Waals surface area (Å²) in [5.74, 6) is -0.626. The fourth-order valence-electron chi connectivity index (χ4n) is 1.11. The van der Waals surface area contributed by atoms with Gasteiger partial charge in [-0.15, -0.1) is 0 Å². The van der Waals surface area contributed by atoms with E-state index >= 15 is 0 Å². The summed E-state index contributed by atoms with van der Waals surface area (Å²) in [4.78, 5) is 7.20. The highest BCUT2D eigenvalue weighted by Crippen LogP contribution is 2.38. The SMILES string of the molecule is NC(N)=NC(N)=Nc1c(Cl)cc(C(F)(F)F)cc1I. The molecule has 0 aliphatic rings. The minimum atomic E-state index is -4.49. The van der Waals surface area contributed by atoms with Crippen LogP contribution >= 0.6 is 34.2 Å². The van der Waals surface area contributed by atoms with Crippen LogP contribution in [0.1, 0.15) is 5.56 Å². The predicted octanol–water partition coefficient (Wildman–Crippen LogP) is 2.18. The smallest absolute Gasteiger partial charge is 0.370 e. The fraction of sp³-hybridized carbons (Fsp3) is 0.111. The van der Waals surface area contributed by atoms with Gasteiger partial charge in [0.1, 0.15) is 0 Å². The van der Waals surface area contributed by atoms with Gasteiger partial charge in [0.25, 0.3) is 0 Å². The molecule has 1 aromatic carbocycles. The number of alkyl halides is 3. The molecule has 0 amide bonds. The second-order valence-electron chi connectivity index (χ2n) is 3.29. The van der Waals surface area contributed by atoms with E-state index in [9.17, 15) is 13.2 Å². The summed E-state index contributed by atoms with van der Waals surface area (Å²) in [5, 5.41) is -0.201. The first kappa shape index (κ1) is 15.8. The van der Waals surface area contributed by atoms with Crippen LogP contribution < -0.4 is 17.2 Å².